The number of rotatable bonds is 16. The molecule has 0 saturated carbocycles. The van der Waals surface area contributed by atoms with Gasteiger partial charge in [-0.25, -0.2) is 8.42 Å². The van der Waals surface area contributed by atoms with Crippen molar-refractivity contribution in [3.05, 3.63) is 78.4 Å². The van der Waals surface area contributed by atoms with E-state index in [1.165, 1.54) is 28.8 Å². The lowest BCUT2D eigenvalue weighted by Crippen LogP contribution is -2.53. The van der Waals surface area contributed by atoms with Crippen molar-refractivity contribution in [2.75, 3.05) is 30.8 Å². The zero-order chi connectivity index (χ0) is 32.3. The monoisotopic (exact) mass is 641 g/mol. The molecule has 0 heterocycles. The number of sulfonamides is 1. The van der Waals surface area contributed by atoms with Crippen molar-refractivity contribution in [3.63, 3.8) is 0 Å². The number of thioether (sulfide) groups is 1. The summed E-state index contributed by atoms with van der Waals surface area (Å²) in [6.45, 7) is 7.63. The second-order valence-corrected chi connectivity index (χ2v) is 13.0. The minimum absolute atomic E-state index is 0.0558. The molecule has 0 aliphatic heterocycles. The van der Waals surface area contributed by atoms with Crippen LogP contribution in [0.15, 0.2) is 82.6 Å². The molecule has 3 aromatic rings. The van der Waals surface area contributed by atoms with Crippen molar-refractivity contribution in [3.8, 4) is 11.5 Å². The van der Waals surface area contributed by atoms with Crippen LogP contribution in [0.5, 0.6) is 11.5 Å². The number of hydrogen-bond acceptors (Lipinski definition) is 7. The molecule has 0 spiro atoms. The number of benzene rings is 3. The van der Waals surface area contributed by atoms with Crippen LogP contribution in [0.25, 0.3) is 0 Å². The van der Waals surface area contributed by atoms with E-state index < -0.39 is 28.5 Å². The van der Waals surface area contributed by atoms with Gasteiger partial charge in [0, 0.05) is 17.5 Å². The van der Waals surface area contributed by atoms with Crippen LogP contribution in [0, 0.1) is 0 Å². The van der Waals surface area contributed by atoms with Crippen LogP contribution in [0.2, 0.25) is 0 Å². The van der Waals surface area contributed by atoms with Gasteiger partial charge in [0.15, 0.2) is 0 Å². The molecule has 2 amide bonds. The number of amides is 2. The summed E-state index contributed by atoms with van der Waals surface area (Å²) < 4.78 is 40.1. The Labute approximate surface area is 266 Å². The van der Waals surface area contributed by atoms with Crippen molar-refractivity contribution < 1.29 is 27.5 Å². The summed E-state index contributed by atoms with van der Waals surface area (Å²) in [6.07, 6.45) is 2.98. The molecule has 0 saturated heterocycles. The summed E-state index contributed by atoms with van der Waals surface area (Å²) in [7, 11) is -2.60. The minimum Gasteiger partial charge on any atom is -0.497 e. The molecule has 3 rings (SSSR count). The lowest BCUT2D eigenvalue weighted by Gasteiger charge is -2.33. The maximum atomic E-state index is 14.2. The van der Waals surface area contributed by atoms with Crippen LogP contribution in [0.1, 0.15) is 46.1 Å². The number of carbonyl (C=O) groups is 2. The summed E-state index contributed by atoms with van der Waals surface area (Å²) in [5.41, 5.74) is 1.08. The van der Waals surface area contributed by atoms with Crippen LogP contribution < -0.4 is 19.1 Å². The van der Waals surface area contributed by atoms with E-state index in [0.717, 1.165) is 21.2 Å². The van der Waals surface area contributed by atoms with Gasteiger partial charge in [-0.1, -0.05) is 26.0 Å². The molecule has 11 heteroatoms. The van der Waals surface area contributed by atoms with Gasteiger partial charge in [0.2, 0.25) is 11.8 Å². The predicted molar refractivity (Wildman–Crippen MR) is 176 cm³/mol. The van der Waals surface area contributed by atoms with E-state index in [2.05, 4.69) is 5.32 Å². The zero-order valence-electron chi connectivity index (χ0n) is 26.3. The first-order chi connectivity index (χ1) is 21.1. The third-order valence-corrected chi connectivity index (χ3v) is 9.79. The first-order valence-electron chi connectivity index (χ1n) is 14.7. The normalized spacial score (nSPS) is 12.6. The first-order valence-corrected chi connectivity index (χ1v) is 17.4. The number of carbonyl (C=O) groups excluding carboxylic acids is 2. The summed E-state index contributed by atoms with van der Waals surface area (Å²) in [4.78, 5) is 30.1. The lowest BCUT2D eigenvalue weighted by atomic mass is 10.1. The second-order valence-electron chi connectivity index (χ2n) is 10.2. The SMILES string of the molecule is CCOc1ccc(N(CC(=O)N(Cc2ccc(OC)cc2)C(CC)C(=O)NC(C)CC)S(=O)(=O)c2ccc(SC)cc2)cc1. The minimum atomic E-state index is -4.17. The van der Waals surface area contributed by atoms with Crippen molar-refractivity contribution in [1.82, 2.24) is 10.2 Å². The third kappa shape index (κ3) is 8.92. The molecule has 0 fully saturated rings. The number of ether oxygens (including phenoxy) is 2. The number of nitrogens with zero attached hydrogens (tertiary/aromatic N) is 2. The van der Waals surface area contributed by atoms with E-state index in [-0.39, 0.29) is 23.4 Å². The smallest absolute Gasteiger partial charge is 0.264 e. The molecule has 2 atom stereocenters. The van der Waals surface area contributed by atoms with E-state index >= 15 is 0 Å². The quantitative estimate of drug-likeness (QED) is 0.199. The first kappa shape index (κ1) is 34.8. The Balaban J connectivity index is 2.06. The molecule has 2 unspecified atom stereocenters. The highest BCUT2D eigenvalue weighted by Crippen LogP contribution is 2.28. The second kappa shape index (κ2) is 16.4. The third-order valence-electron chi connectivity index (χ3n) is 7.26. The Morgan fingerprint density at radius 1 is 0.886 bits per heavy atom. The average Bonchev–Trinajstić information content (AvgIpc) is 3.04. The van der Waals surface area contributed by atoms with Gasteiger partial charge in [-0.3, -0.25) is 13.9 Å². The number of anilines is 1. The Kier molecular flexibility index (Phi) is 13.0. The van der Waals surface area contributed by atoms with Gasteiger partial charge >= 0.3 is 0 Å². The predicted octanol–water partition coefficient (Wildman–Crippen LogP) is 5.73. The van der Waals surface area contributed by atoms with Crippen molar-refractivity contribution in [2.24, 2.45) is 0 Å². The number of methoxy groups -OCH3 is 1. The van der Waals surface area contributed by atoms with Crippen LogP contribution in [-0.2, 0) is 26.2 Å². The maximum absolute atomic E-state index is 14.2. The molecule has 238 valence electrons. The molecule has 0 aromatic heterocycles. The van der Waals surface area contributed by atoms with Crippen LogP contribution in [0.3, 0.4) is 0 Å². The zero-order valence-corrected chi connectivity index (χ0v) is 27.9. The van der Waals surface area contributed by atoms with E-state index in [9.17, 15) is 18.0 Å². The average molecular weight is 642 g/mol. The van der Waals surface area contributed by atoms with Crippen LogP contribution in [0.4, 0.5) is 5.69 Å². The van der Waals surface area contributed by atoms with Gasteiger partial charge in [0.25, 0.3) is 10.0 Å². The lowest BCUT2D eigenvalue weighted by molar-refractivity contribution is -0.140. The molecular formula is C33H43N3O6S2. The number of hydrogen-bond donors (Lipinski definition) is 1. The molecule has 0 radical (unpaired) electrons. The molecular weight excluding hydrogens is 599 g/mol. The Bertz CT molecular complexity index is 1460. The Morgan fingerprint density at radius 2 is 1.50 bits per heavy atom. The van der Waals surface area contributed by atoms with Crippen LogP contribution in [-0.4, -0.2) is 63.7 Å². The van der Waals surface area contributed by atoms with E-state index in [0.29, 0.717) is 30.2 Å². The molecule has 0 bridgehead atoms. The van der Waals surface area contributed by atoms with Gasteiger partial charge in [-0.05, 0) is 99.2 Å². The summed E-state index contributed by atoms with van der Waals surface area (Å²) in [5, 5.41) is 2.99. The highest BCUT2D eigenvalue weighted by molar-refractivity contribution is 7.98. The van der Waals surface area contributed by atoms with E-state index in [1.807, 2.05) is 46.1 Å². The molecule has 1 N–H and O–H groups in total. The molecule has 44 heavy (non-hydrogen) atoms. The van der Waals surface area contributed by atoms with Gasteiger partial charge in [-0.2, -0.15) is 0 Å². The van der Waals surface area contributed by atoms with Gasteiger partial charge < -0.3 is 19.7 Å². The molecule has 0 aliphatic rings. The Hall–Kier alpha value is -3.70. The molecule has 9 nitrogen and oxygen atoms in total. The molecule has 0 aliphatic carbocycles. The van der Waals surface area contributed by atoms with Crippen molar-refractivity contribution in [1.29, 1.82) is 0 Å². The fraction of sp³-hybridized carbons (Fsp3) is 0.394. The highest BCUT2D eigenvalue weighted by atomic mass is 32.2. The molecule has 3 aromatic carbocycles. The standard InChI is InChI=1S/C33H43N3O6S2/c1-7-24(4)34-33(38)31(8-2)35(22-25-10-14-27(41-5)15-11-25)32(37)23-36(26-12-16-28(17-13-26)42-9-3)44(39,40)30-20-18-29(43-6)19-21-30/h10-21,24,31H,7-9,22-23H2,1-6H3,(H,34,38). The summed E-state index contributed by atoms with van der Waals surface area (Å²) in [5.74, 6) is 0.448. The Morgan fingerprint density at radius 3 is 2.02 bits per heavy atom. The van der Waals surface area contributed by atoms with Gasteiger partial charge in [0.05, 0.1) is 24.3 Å². The number of nitrogens with one attached hydrogen (secondary N) is 1. The van der Waals surface area contributed by atoms with Crippen molar-refractivity contribution in [2.45, 2.75) is 69.0 Å². The van der Waals surface area contributed by atoms with Crippen molar-refractivity contribution >= 4 is 39.3 Å². The van der Waals surface area contributed by atoms with E-state index in [4.69, 9.17) is 9.47 Å². The highest BCUT2D eigenvalue weighted by Gasteiger charge is 2.34. The summed E-state index contributed by atoms with van der Waals surface area (Å²) >= 11 is 1.50. The van der Waals surface area contributed by atoms with Crippen LogP contribution >= 0.6 is 11.8 Å². The maximum Gasteiger partial charge on any atom is 0.264 e. The van der Waals surface area contributed by atoms with Gasteiger partial charge in [-0.15, -0.1) is 11.8 Å². The largest absolute Gasteiger partial charge is 0.497 e. The van der Waals surface area contributed by atoms with E-state index in [1.54, 1.807) is 55.6 Å². The summed E-state index contributed by atoms with van der Waals surface area (Å²) in [6, 6.07) is 19.4. The van der Waals surface area contributed by atoms with Gasteiger partial charge in [0.1, 0.15) is 24.1 Å². The fourth-order valence-corrected chi connectivity index (χ4v) is 6.39. The fourth-order valence-electron chi connectivity index (χ4n) is 4.57. The topological polar surface area (TPSA) is 105 Å².